The molecule has 0 saturated heterocycles. The zero-order valence-electron chi connectivity index (χ0n) is 10.2. The number of aromatic nitrogens is 2. The molecule has 0 radical (unpaired) electrons. The second-order valence-corrected chi connectivity index (χ2v) is 4.00. The van der Waals surface area contributed by atoms with Crippen LogP contribution in [0.4, 0.5) is 5.82 Å². The molecule has 0 aliphatic rings. The van der Waals surface area contributed by atoms with E-state index in [1.54, 1.807) is 12.3 Å². The first-order valence-electron chi connectivity index (χ1n) is 5.80. The molecule has 2 aromatic heterocycles. The molecule has 0 saturated carbocycles. The molecule has 18 heavy (non-hydrogen) atoms. The van der Waals surface area contributed by atoms with E-state index in [0.29, 0.717) is 11.4 Å². The van der Waals surface area contributed by atoms with Crippen molar-refractivity contribution < 1.29 is 0 Å². The van der Waals surface area contributed by atoms with Gasteiger partial charge in [0.1, 0.15) is 11.9 Å². The lowest BCUT2D eigenvalue weighted by Gasteiger charge is -2.07. The zero-order valence-corrected chi connectivity index (χ0v) is 10.2. The van der Waals surface area contributed by atoms with Gasteiger partial charge in [-0.3, -0.25) is 4.98 Å². The number of aryl methyl sites for hydroxylation is 1. The second-order valence-electron chi connectivity index (χ2n) is 4.00. The van der Waals surface area contributed by atoms with Crippen LogP contribution in [0.3, 0.4) is 0 Å². The standard InChI is InChI=1S/C14H14N4/c1-11-4-5-13(9-15)14(18-11)17-8-6-12-3-2-7-16-10-12/h2-5,7,10H,6,8H2,1H3,(H,17,18). The fourth-order valence-electron chi connectivity index (χ4n) is 1.65. The van der Waals surface area contributed by atoms with E-state index in [9.17, 15) is 0 Å². The van der Waals surface area contributed by atoms with E-state index in [4.69, 9.17) is 5.26 Å². The minimum atomic E-state index is 0.576. The highest BCUT2D eigenvalue weighted by Crippen LogP contribution is 2.12. The molecule has 2 rings (SSSR count). The summed E-state index contributed by atoms with van der Waals surface area (Å²) in [6.07, 6.45) is 4.46. The van der Waals surface area contributed by atoms with Crippen LogP contribution in [0.1, 0.15) is 16.8 Å². The Morgan fingerprint density at radius 1 is 1.33 bits per heavy atom. The Hall–Kier alpha value is -2.41. The highest BCUT2D eigenvalue weighted by molar-refractivity contribution is 5.52. The molecule has 4 heteroatoms. The highest BCUT2D eigenvalue weighted by atomic mass is 15.0. The van der Waals surface area contributed by atoms with E-state index in [1.807, 2.05) is 31.3 Å². The Balaban J connectivity index is 1.98. The number of hydrogen-bond donors (Lipinski definition) is 1. The third-order valence-electron chi connectivity index (χ3n) is 2.58. The van der Waals surface area contributed by atoms with Crippen molar-refractivity contribution in [2.75, 3.05) is 11.9 Å². The van der Waals surface area contributed by atoms with Gasteiger partial charge in [0.15, 0.2) is 0 Å². The van der Waals surface area contributed by atoms with Gasteiger partial charge in [0, 0.05) is 24.6 Å². The summed E-state index contributed by atoms with van der Waals surface area (Å²) in [5.74, 6) is 0.654. The van der Waals surface area contributed by atoms with Gasteiger partial charge < -0.3 is 5.32 Å². The summed E-state index contributed by atoms with van der Waals surface area (Å²) in [7, 11) is 0. The van der Waals surface area contributed by atoms with Crippen LogP contribution in [0.15, 0.2) is 36.7 Å². The van der Waals surface area contributed by atoms with Crippen LogP contribution in [-0.2, 0) is 6.42 Å². The predicted octanol–water partition coefficient (Wildman–Crippen LogP) is 2.31. The van der Waals surface area contributed by atoms with Crippen LogP contribution in [-0.4, -0.2) is 16.5 Å². The van der Waals surface area contributed by atoms with E-state index < -0.39 is 0 Å². The molecular formula is C14H14N4. The molecule has 2 aromatic rings. The first kappa shape index (κ1) is 12.1. The number of pyridine rings is 2. The Morgan fingerprint density at radius 2 is 2.22 bits per heavy atom. The van der Waals surface area contributed by atoms with Gasteiger partial charge in [-0.15, -0.1) is 0 Å². The van der Waals surface area contributed by atoms with Crippen LogP contribution < -0.4 is 5.32 Å². The lowest BCUT2D eigenvalue weighted by Crippen LogP contribution is -2.08. The minimum Gasteiger partial charge on any atom is -0.369 e. The predicted molar refractivity (Wildman–Crippen MR) is 70.1 cm³/mol. The summed E-state index contributed by atoms with van der Waals surface area (Å²) in [6, 6.07) is 9.71. The third kappa shape index (κ3) is 3.05. The molecule has 0 aliphatic heterocycles. The topological polar surface area (TPSA) is 61.6 Å². The van der Waals surface area contributed by atoms with Crippen molar-refractivity contribution >= 4 is 5.82 Å². The number of nitriles is 1. The Morgan fingerprint density at radius 3 is 2.94 bits per heavy atom. The lowest BCUT2D eigenvalue weighted by molar-refractivity contribution is 0.987. The first-order chi connectivity index (χ1) is 8.79. The van der Waals surface area contributed by atoms with Crippen LogP contribution in [0, 0.1) is 18.3 Å². The van der Waals surface area contributed by atoms with E-state index in [1.165, 1.54) is 0 Å². The summed E-state index contributed by atoms with van der Waals surface area (Å²) >= 11 is 0. The molecule has 1 N–H and O–H groups in total. The monoisotopic (exact) mass is 238 g/mol. The maximum Gasteiger partial charge on any atom is 0.144 e. The number of nitrogens with zero attached hydrogens (tertiary/aromatic N) is 3. The van der Waals surface area contributed by atoms with Crippen LogP contribution in [0.2, 0.25) is 0 Å². The van der Waals surface area contributed by atoms with Crippen molar-refractivity contribution in [1.29, 1.82) is 5.26 Å². The van der Waals surface area contributed by atoms with Crippen molar-refractivity contribution in [3.63, 3.8) is 0 Å². The molecule has 90 valence electrons. The maximum atomic E-state index is 8.99. The van der Waals surface area contributed by atoms with Gasteiger partial charge in [0.05, 0.1) is 5.56 Å². The van der Waals surface area contributed by atoms with Crippen molar-refractivity contribution in [3.8, 4) is 6.07 Å². The smallest absolute Gasteiger partial charge is 0.144 e. The van der Waals surface area contributed by atoms with Crippen molar-refractivity contribution in [1.82, 2.24) is 9.97 Å². The Labute approximate surface area is 106 Å². The summed E-state index contributed by atoms with van der Waals surface area (Å²) in [5.41, 5.74) is 2.64. The molecule has 2 heterocycles. The van der Waals surface area contributed by atoms with Gasteiger partial charge >= 0.3 is 0 Å². The van der Waals surface area contributed by atoms with Gasteiger partial charge in [0.2, 0.25) is 0 Å². The first-order valence-corrected chi connectivity index (χ1v) is 5.80. The molecule has 0 spiro atoms. The van der Waals surface area contributed by atoms with Crippen LogP contribution in [0.25, 0.3) is 0 Å². The van der Waals surface area contributed by atoms with Crippen LogP contribution in [0.5, 0.6) is 0 Å². The Kier molecular flexibility index (Phi) is 3.87. The van der Waals surface area contributed by atoms with Gasteiger partial charge in [-0.1, -0.05) is 6.07 Å². The normalized spacial score (nSPS) is 9.78. The molecule has 0 atom stereocenters. The highest BCUT2D eigenvalue weighted by Gasteiger charge is 2.03. The lowest BCUT2D eigenvalue weighted by atomic mass is 10.2. The van der Waals surface area contributed by atoms with Crippen molar-refractivity contribution in [3.05, 3.63) is 53.5 Å². The van der Waals surface area contributed by atoms with Gasteiger partial charge in [-0.25, -0.2) is 4.98 Å². The molecule has 0 unspecified atom stereocenters. The molecule has 0 aliphatic carbocycles. The van der Waals surface area contributed by atoms with E-state index in [0.717, 1.165) is 24.2 Å². The van der Waals surface area contributed by atoms with Crippen molar-refractivity contribution in [2.45, 2.75) is 13.3 Å². The second kappa shape index (κ2) is 5.78. The van der Waals surface area contributed by atoms with Crippen molar-refractivity contribution in [2.24, 2.45) is 0 Å². The number of hydrogen-bond acceptors (Lipinski definition) is 4. The number of anilines is 1. The molecule has 0 fully saturated rings. The zero-order chi connectivity index (χ0) is 12.8. The molecule has 0 bridgehead atoms. The maximum absolute atomic E-state index is 8.99. The Bertz CT molecular complexity index is 558. The van der Waals surface area contributed by atoms with Gasteiger partial charge in [-0.2, -0.15) is 5.26 Å². The SMILES string of the molecule is Cc1ccc(C#N)c(NCCc2cccnc2)n1. The molecule has 4 nitrogen and oxygen atoms in total. The van der Waals surface area contributed by atoms with E-state index in [-0.39, 0.29) is 0 Å². The minimum absolute atomic E-state index is 0.576. The van der Waals surface area contributed by atoms with Crippen LogP contribution >= 0.6 is 0 Å². The summed E-state index contributed by atoms with van der Waals surface area (Å²) in [4.78, 5) is 8.39. The third-order valence-corrected chi connectivity index (χ3v) is 2.58. The summed E-state index contributed by atoms with van der Waals surface area (Å²) in [5, 5.41) is 12.2. The molecular weight excluding hydrogens is 224 g/mol. The number of rotatable bonds is 4. The fraction of sp³-hybridized carbons (Fsp3) is 0.214. The fourth-order valence-corrected chi connectivity index (χ4v) is 1.65. The number of nitrogens with one attached hydrogen (secondary N) is 1. The average molecular weight is 238 g/mol. The summed E-state index contributed by atoms with van der Waals surface area (Å²) < 4.78 is 0. The molecule has 0 aromatic carbocycles. The average Bonchev–Trinajstić information content (AvgIpc) is 2.40. The quantitative estimate of drug-likeness (QED) is 0.887. The van der Waals surface area contributed by atoms with Gasteiger partial charge in [0.25, 0.3) is 0 Å². The van der Waals surface area contributed by atoms with Gasteiger partial charge in [-0.05, 0) is 37.1 Å². The summed E-state index contributed by atoms with van der Waals surface area (Å²) in [6.45, 7) is 2.64. The van der Waals surface area contributed by atoms with E-state index in [2.05, 4.69) is 21.4 Å². The largest absolute Gasteiger partial charge is 0.369 e. The molecule has 0 amide bonds. The van der Waals surface area contributed by atoms with E-state index >= 15 is 0 Å².